The summed E-state index contributed by atoms with van der Waals surface area (Å²) in [7, 11) is 0. The van der Waals surface area contributed by atoms with Crippen LogP contribution < -0.4 is 10.6 Å². The Bertz CT molecular complexity index is 338. The van der Waals surface area contributed by atoms with E-state index in [0.717, 1.165) is 45.0 Å². The SMILES string of the molecule is CCNC(=NCC(=O)N1CCCC1)NCC(C)(C)SC. The summed E-state index contributed by atoms with van der Waals surface area (Å²) in [6.45, 7) is 10.0. The average molecular weight is 300 g/mol. The molecule has 1 amide bonds. The molecule has 1 fully saturated rings. The molecule has 20 heavy (non-hydrogen) atoms. The summed E-state index contributed by atoms with van der Waals surface area (Å²) < 4.78 is 0.148. The van der Waals surface area contributed by atoms with E-state index in [1.165, 1.54) is 0 Å². The summed E-state index contributed by atoms with van der Waals surface area (Å²) in [5, 5.41) is 6.49. The van der Waals surface area contributed by atoms with Crippen molar-refractivity contribution in [2.45, 2.75) is 38.4 Å². The van der Waals surface area contributed by atoms with E-state index in [-0.39, 0.29) is 17.2 Å². The topological polar surface area (TPSA) is 56.7 Å². The minimum absolute atomic E-state index is 0.129. The number of nitrogens with zero attached hydrogens (tertiary/aromatic N) is 2. The number of hydrogen-bond acceptors (Lipinski definition) is 3. The molecule has 0 bridgehead atoms. The van der Waals surface area contributed by atoms with Crippen LogP contribution in [0.3, 0.4) is 0 Å². The zero-order valence-corrected chi connectivity index (χ0v) is 14.0. The Kier molecular flexibility index (Phi) is 7.19. The minimum Gasteiger partial charge on any atom is -0.357 e. The highest BCUT2D eigenvalue weighted by Crippen LogP contribution is 2.19. The van der Waals surface area contributed by atoms with Gasteiger partial charge in [-0.25, -0.2) is 4.99 Å². The van der Waals surface area contributed by atoms with E-state index >= 15 is 0 Å². The molecule has 0 aromatic carbocycles. The summed E-state index contributed by atoms with van der Waals surface area (Å²) in [6, 6.07) is 0. The van der Waals surface area contributed by atoms with Crippen molar-refractivity contribution in [1.82, 2.24) is 15.5 Å². The predicted molar refractivity (Wildman–Crippen MR) is 87.4 cm³/mol. The van der Waals surface area contributed by atoms with Crippen LogP contribution in [0, 0.1) is 0 Å². The highest BCUT2D eigenvalue weighted by Gasteiger charge is 2.18. The van der Waals surface area contributed by atoms with Gasteiger partial charge in [-0.2, -0.15) is 11.8 Å². The van der Waals surface area contributed by atoms with Gasteiger partial charge in [0.1, 0.15) is 6.54 Å². The third-order valence-electron chi connectivity index (χ3n) is 3.41. The van der Waals surface area contributed by atoms with Gasteiger partial charge in [0.25, 0.3) is 0 Å². The third kappa shape index (κ3) is 6.03. The van der Waals surface area contributed by atoms with Crippen molar-refractivity contribution in [3.05, 3.63) is 0 Å². The number of guanidine groups is 1. The van der Waals surface area contributed by atoms with E-state index in [1.54, 1.807) is 0 Å². The van der Waals surface area contributed by atoms with Gasteiger partial charge in [0, 0.05) is 30.9 Å². The molecular formula is C14H28N4OS. The minimum atomic E-state index is 0.129. The number of rotatable bonds is 6. The number of likely N-dealkylation sites (tertiary alicyclic amines) is 1. The van der Waals surface area contributed by atoms with E-state index in [0.29, 0.717) is 0 Å². The number of carbonyl (C=O) groups is 1. The lowest BCUT2D eigenvalue weighted by Gasteiger charge is -2.23. The van der Waals surface area contributed by atoms with Crippen molar-refractivity contribution < 1.29 is 4.79 Å². The highest BCUT2D eigenvalue weighted by molar-refractivity contribution is 7.99. The van der Waals surface area contributed by atoms with Crippen molar-refractivity contribution >= 4 is 23.6 Å². The summed E-state index contributed by atoms with van der Waals surface area (Å²) >= 11 is 1.81. The molecule has 0 unspecified atom stereocenters. The van der Waals surface area contributed by atoms with Crippen LogP contribution in [0.15, 0.2) is 4.99 Å². The molecule has 1 heterocycles. The van der Waals surface area contributed by atoms with Crippen LogP contribution in [0.2, 0.25) is 0 Å². The first kappa shape index (κ1) is 17.1. The van der Waals surface area contributed by atoms with Crippen LogP contribution in [0.25, 0.3) is 0 Å². The van der Waals surface area contributed by atoms with Gasteiger partial charge in [-0.05, 0) is 39.9 Å². The lowest BCUT2D eigenvalue weighted by molar-refractivity contribution is -0.128. The molecule has 5 nitrogen and oxygen atoms in total. The number of amides is 1. The summed E-state index contributed by atoms with van der Waals surface area (Å²) in [5.41, 5.74) is 0. The van der Waals surface area contributed by atoms with Gasteiger partial charge in [0.15, 0.2) is 5.96 Å². The Hall–Kier alpha value is -0.910. The zero-order chi connectivity index (χ0) is 15.0. The number of hydrogen-bond donors (Lipinski definition) is 2. The largest absolute Gasteiger partial charge is 0.357 e. The second kappa shape index (κ2) is 8.39. The molecule has 0 aliphatic carbocycles. The molecule has 1 rings (SSSR count). The molecule has 0 aromatic heterocycles. The first-order valence-electron chi connectivity index (χ1n) is 7.33. The van der Waals surface area contributed by atoms with Crippen molar-refractivity contribution in [3.8, 4) is 0 Å². The molecule has 0 radical (unpaired) electrons. The smallest absolute Gasteiger partial charge is 0.244 e. The van der Waals surface area contributed by atoms with Gasteiger partial charge in [0.2, 0.25) is 5.91 Å². The summed E-state index contributed by atoms with van der Waals surface area (Å²) in [4.78, 5) is 18.3. The number of aliphatic imine (C=N–C) groups is 1. The number of carbonyl (C=O) groups excluding carboxylic acids is 1. The number of nitrogens with one attached hydrogen (secondary N) is 2. The molecule has 0 spiro atoms. The van der Waals surface area contributed by atoms with Gasteiger partial charge < -0.3 is 15.5 Å². The van der Waals surface area contributed by atoms with Gasteiger partial charge in [0.05, 0.1) is 0 Å². The molecule has 0 aromatic rings. The Labute approximate surface area is 127 Å². The predicted octanol–water partition coefficient (Wildman–Crippen LogP) is 1.31. The van der Waals surface area contributed by atoms with E-state index in [4.69, 9.17) is 0 Å². The standard InChI is InChI=1S/C14H28N4OS/c1-5-15-13(17-11-14(2,3)20-4)16-10-12(19)18-8-6-7-9-18/h5-11H2,1-4H3,(H2,15,16,17). The Morgan fingerprint density at radius 3 is 2.50 bits per heavy atom. The van der Waals surface area contributed by atoms with E-state index in [9.17, 15) is 4.79 Å². The van der Waals surface area contributed by atoms with Crippen LogP contribution in [0.1, 0.15) is 33.6 Å². The summed E-state index contributed by atoms with van der Waals surface area (Å²) in [5.74, 6) is 0.853. The van der Waals surface area contributed by atoms with Gasteiger partial charge in [-0.1, -0.05) is 0 Å². The molecule has 1 aliphatic rings. The lowest BCUT2D eigenvalue weighted by atomic mass is 10.2. The van der Waals surface area contributed by atoms with E-state index < -0.39 is 0 Å². The summed E-state index contributed by atoms with van der Waals surface area (Å²) in [6.07, 6.45) is 4.34. The fourth-order valence-corrected chi connectivity index (χ4v) is 2.14. The first-order chi connectivity index (χ1) is 9.48. The fourth-order valence-electron chi connectivity index (χ4n) is 1.92. The normalized spacial score (nSPS) is 16.4. The lowest BCUT2D eigenvalue weighted by Crippen LogP contribution is -2.44. The van der Waals surface area contributed by atoms with Gasteiger partial charge >= 0.3 is 0 Å². The Morgan fingerprint density at radius 2 is 1.95 bits per heavy atom. The molecule has 1 saturated heterocycles. The van der Waals surface area contributed by atoms with E-state index in [1.807, 2.05) is 23.6 Å². The van der Waals surface area contributed by atoms with Crippen molar-refractivity contribution in [2.75, 3.05) is 39.0 Å². The van der Waals surface area contributed by atoms with Gasteiger partial charge in [-0.15, -0.1) is 0 Å². The zero-order valence-electron chi connectivity index (χ0n) is 13.2. The maximum Gasteiger partial charge on any atom is 0.244 e. The van der Waals surface area contributed by atoms with Crippen molar-refractivity contribution in [3.63, 3.8) is 0 Å². The molecular weight excluding hydrogens is 272 g/mol. The average Bonchev–Trinajstić information content (AvgIpc) is 2.96. The van der Waals surface area contributed by atoms with Crippen LogP contribution >= 0.6 is 11.8 Å². The molecule has 0 atom stereocenters. The first-order valence-corrected chi connectivity index (χ1v) is 8.56. The van der Waals surface area contributed by atoms with E-state index in [2.05, 4.69) is 35.7 Å². The third-order valence-corrected chi connectivity index (χ3v) is 4.66. The second-order valence-corrected chi connectivity index (χ2v) is 7.11. The fraction of sp³-hybridized carbons (Fsp3) is 0.857. The Morgan fingerprint density at radius 1 is 1.30 bits per heavy atom. The maximum atomic E-state index is 12.0. The van der Waals surface area contributed by atoms with Crippen LogP contribution in [0.5, 0.6) is 0 Å². The van der Waals surface area contributed by atoms with Gasteiger partial charge in [-0.3, -0.25) is 4.79 Å². The quantitative estimate of drug-likeness (QED) is 0.573. The number of thioether (sulfide) groups is 1. The van der Waals surface area contributed by atoms with Crippen LogP contribution in [-0.2, 0) is 4.79 Å². The van der Waals surface area contributed by atoms with Crippen molar-refractivity contribution in [1.29, 1.82) is 0 Å². The molecule has 116 valence electrons. The molecule has 0 saturated carbocycles. The second-order valence-electron chi connectivity index (χ2n) is 5.60. The molecule has 2 N–H and O–H groups in total. The highest BCUT2D eigenvalue weighted by atomic mass is 32.2. The van der Waals surface area contributed by atoms with Crippen LogP contribution in [0.4, 0.5) is 0 Å². The molecule has 1 aliphatic heterocycles. The monoisotopic (exact) mass is 300 g/mol. The molecule has 6 heteroatoms. The van der Waals surface area contributed by atoms with Crippen molar-refractivity contribution in [2.24, 2.45) is 4.99 Å². The maximum absolute atomic E-state index is 12.0. The Balaban J connectivity index is 2.47. The van der Waals surface area contributed by atoms with Crippen LogP contribution in [-0.4, -0.2) is 60.5 Å².